The van der Waals surface area contributed by atoms with Crippen molar-refractivity contribution in [1.82, 2.24) is 4.98 Å². The van der Waals surface area contributed by atoms with E-state index in [1.165, 1.54) is 41.7 Å². The molecule has 0 unspecified atom stereocenters. The van der Waals surface area contributed by atoms with Gasteiger partial charge in [-0.1, -0.05) is 17.7 Å². The molecule has 0 aliphatic carbocycles. The van der Waals surface area contributed by atoms with E-state index in [1.54, 1.807) is 56.0 Å². The summed E-state index contributed by atoms with van der Waals surface area (Å²) < 4.78 is 38.4. The summed E-state index contributed by atoms with van der Waals surface area (Å²) in [4.78, 5) is 17.4. The smallest absolute Gasteiger partial charge is 0.261 e. The van der Waals surface area contributed by atoms with Gasteiger partial charge in [0.1, 0.15) is 11.5 Å². The SMILES string of the molecule is COc1ccc(OC)c(-c2csc(NC(=O)c3cccc(NS(=O)(=O)c4ccc(Cl)cc4)c3)n2)c1. The number of thiazole rings is 1. The van der Waals surface area contributed by atoms with Crippen molar-refractivity contribution < 1.29 is 22.7 Å². The van der Waals surface area contributed by atoms with Gasteiger partial charge in [-0.2, -0.15) is 0 Å². The third kappa shape index (κ3) is 5.73. The topological polar surface area (TPSA) is 107 Å². The Kier molecular flexibility index (Phi) is 7.25. The van der Waals surface area contributed by atoms with Gasteiger partial charge in [0.05, 0.1) is 24.8 Å². The average molecular weight is 530 g/mol. The van der Waals surface area contributed by atoms with E-state index in [2.05, 4.69) is 15.0 Å². The number of halogens is 1. The Morgan fingerprint density at radius 3 is 2.49 bits per heavy atom. The van der Waals surface area contributed by atoms with Crippen LogP contribution in [0.5, 0.6) is 11.5 Å². The second-order valence-electron chi connectivity index (χ2n) is 7.20. The maximum Gasteiger partial charge on any atom is 0.261 e. The molecule has 1 amide bonds. The third-order valence-corrected chi connectivity index (χ3v) is 7.32. The molecule has 0 radical (unpaired) electrons. The molecule has 4 aromatic rings. The summed E-state index contributed by atoms with van der Waals surface area (Å²) in [6.45, 7) is 0. The van der Waals surface area contributed by atoms with Crippen LogP contribution in [0.15, 0.2) is 77.0 Å². The summed E-state index contributed by atoms with van der Waals surface area (Å²) in [5, 5.41) is 5.35. The van der Waals surface area contributed by atoms with Gasteiger partial charge >= 0.3 is 0 Å². The predicted molar refractivity (Wildman–Crippen MR) is 137 cm³/mol. The standard InChI is InChI=1S/C24H20ClN3O5S2/c1-32-18-8-11-22(33-2)20(13-18)21-14-34-24(26-21)27-23(29)15-4-3-5-17(12-15)28-35(30,31)19-9-6-16(25)7-10-19/h3-14,28H,1-2H3,(H,26,27,29). The summed E-state index contributed by atoms with van der Waals surface area (Å²) in [6, 6.07) is 17.3. The fourth-order valence-electron chi connectivity index (χ4n) is 3.19. The summed E-state index contributed by atoms with van der Waals surface area (Å²) in [5.41, 5.74) is 1.85. The first kappa shape index (κ1) is 24.5. The Balaban J connectivity index is 1.51. The number of rotatable bonds is 8. The van der Waals surface area contributed by atoms with E-state index < -0.39 is 15.9 Å². The van der Waals surface area contributed by atoms with Crippen molar-refractivity contribution >= 4 is 49.7 Å². The predicted octanol–water partition coefficient (Wildman–Crippen LogP) is 5.53. The number of aromatic nitrogens is 1. The molecule has 0 saturated carbocycles. The Labute approximate surface area is 211 Å². The van der Waals surface area contributed by atoms with Gasteiger partial charge in [-0.15, -0.1) is 11.3 Å². The molecule has 11 heteroatoms. The van der Waals surface area contributed by atoms with Gasteiger partial charge in [-0.3, -0.25) is 14.8 Å². The lowest BCUT2D eigenvalue weighted by molar-refractivity contribution is 0.102. The second kappa shape index (κ2) is 10.3. The molecule has 0 aliphatic rings. The quantitative estimate of drug-likeness (QED) is 0.310. The van der Waals surface area contributed by atoms with Gasteiger partial charge in [-0.25, -0.2) is 13.4 Å². The zero-order chi connectivity index (χ0) is 25.0. The number of amides is 1. The molecule has 3 aromatic carbocycles. The van der Waals surface area contributed by atoms with Crippen molar-refractivity contribution in [1.29, 1.82) is 0 Å². The number of carbonyl (C=O) groups excluding carboxylic acids is 1. The van der Waals surface area contributed by atoms with E-state index in [1.807, 2.05) is 0 Å². The van der Waals surface area contributed by atoms with Gasteiger partial charge in [-0.05, 0) is 60.7 Å². The van der Waals surface area contributed by atoms with Crippen molar-refractivity contribution in [3.05, 3.63) is 82.7 Å². The van der Waals surface area contributed by atoms with Crippen molar-refractivity contribution in [2.24, 2.45) is 0 Å². The van der Waals surface area contributed by atoms with Gasteiger partial charge in [0.15, 0.2) is 5.13 Å². The normalized spacial score (nSPS) is 11.1. The number of nitrogens with zero attached hydrogens (tertiary/aromatic N) is 1. The van der Waals surface area contributed by atoms with E-state index in [0.717, 1.165) is 5.56 Å². The first-order valence-electron chi connectivity index (χ1n) is 10.2. The maximum absolute atomic E-state index is 12.8. The molecule has 0 aliphatic heterocycles. The second-order valence-corrected chi connectivity index (χ2v) is 10.2. The number of benzene rings is 3. The highest BCUT2D eigenvalue weighted by Gasteiger charge is 2.17. The van der Waals surface area contributed by atoms with Crippen molar-refractivity contribution in [3.63, 3.8) is 0 Å². The van der Waals surface area contributed by atoms with E-state index >= 15 is 0 Å². The summed E-state index contributed by atoms with van der Waals surface area (Å²) in [7, 11) is -0.708. The number of hydrogen-bond acceptors (Lipinski definition) is 7. The highest BCUT2D eigenvalue weighted by atomic mass is 35.5. The molecule has 4 rings (SSSR count). The van der Waals surface area contributed by atoms with Crippen LogP contribution in [0.25, 0.3) is 11.3 Å². The highest BCUT2D eigenvalue weighted by molar-refractivity contribution is 7.92. The fourth-order valence-corrected chi connectivity index (χ4v) is 5.07. The lowest BCUT2D eigenvalue weighted by Crippen LogP contribution is -2.15. The zero-order valence-corrected chi connectivity index (χ0v) is 21.0. The van der Waals surface area contributed by atoms with Crippen LogP contribution in [0.4, 0.5) is 10.8 Å². The van der Waals surface area contributed by atoms with Gasteiger partial charge < -0.3 is 9.47 Å². The van der Waals surface area contributed by atoms with E-state index in [0.29, 0.717) is 27.3 Å². The molecule has 0 atom stereocenters. The Morgan fingerprint density at radius 1 is 1.00 bits per heavy atom. The van der Waals surface area contributed by atoms with Crippen LogP contribution in [-0.4, -0.2) is 33.5 Å². The third-order valence-electron chi connectivity index (χ3n) is 4.91. The molecule has 0 saturated heterocycles. The minimum atomic E-state index is -3.84. The summed E-state index contributed by atoms with van der Waals surface area (Å²) >= 11 is 7.08. The molecule has 1 heterocycles. The molecule has 1 aromatic heterocycles. The van der Waals surface area contributed by atoms with Gasteiger partial charge in [0, 0.05) is 27.2 Å². The van der Waals surface area contributed by atoms with E-state index in [4.69, 9.17) is 21.1 Å². The average Bonchev–Trinajstić information content (AvgIpc) is 3.32. The number of anilines is 2. The van der Waals surface area contributed by atoms with E-state index in [9.17, 15) is 13.2 Å². The minimum absolute atomic E-state index is 0.0556. The molecule has 0 spiro atoms. The first-order valence-corrected chi connectivity index (χ1v) is 12.9. The Morgan fingerprint density at radius 2 is 1.77 bits per heavy atom. The molecule has 2 N–H and O–H groups in total. The molecular formula is C24H20ClN3O5S2. The van der Waals surface area contributed by atoms with Crippen LogP contribution >= 0.6 is 22.9 Å². The minimum Gasteiger partial charge on any atom is -0.497 e. The number of carbonyl (C=O) groups is 1. The largest absolute Gasteiger partial charge is 0.497 e. The van der Waals surface area contributed by atoms with Crippen LogP contribution < -0.4 is 19.5 Å². The zero-order valence-electron chi connectivity index (χ0n) is 18.6. The number of hydrogen-bond donors (Lipinski definition) is 2. The van der Waals surface area contributed by atoms with Crippen LogP contribution in [0.1, 0.15) is 10.4 Å². The lowest BCUT2D eigenvalue weighted by Gasteiger charge is -2.10. The molecule has 8 nitrogen and oxygen atoms in total. The van der Waals surface area contributed by atoms with Crippen LogP contribution in [0.2, 0.25) is 5.02 Å². The molecule has 180 valence electrons. The van der Waals surface area contributed by atoms with Crippen LogP contribution in [0.3, 0.4) is 0 Å². The number of methoxy groups -OCH3 is 2. The Bertz CT molecular complexity index is 1470. The monoisotopic (exact) mass is 529 g/mol. The number of ether oxygens (including phenoxy) is 2. The van der Waals surface area contributed by atoms with Gasteiger partial charge in [0.25, 0.3) is 15.9 Å². The summed E-state index contributed by atoms with van der Waals surface area (Å²) in [5.74, 6) is 0.836. The highest BCUT2D eigenvalue weighted by Crippen LogP contribution is 2.35. The number of nitrogens with one attached hydrogen (secondary N) is 2. The lowest BCUT2D eigenvalue weighted by atomic mass is 10.1. The molecule has 0 fully saturated rings. The van der Waals surface area contributed by atoms with Crippen LogP contribution in [-0.2, 0) is 10.0 Å². The number of sulfonamides is 1. The molecule has 0 bridgehead atoms. The van der Waals surface area contributed by atoms with Crippen LogP contribution in [0, 0.1) is 0 Å². The van der Waals surface area contributed by atoms with Crippen molar-refractivity contribution in [2.75, 3.05) is 24.3 Å². The summed E-state index contributed by atoms with van der Waals surface area (Å²) in [6.07, 6.45) is 0. The fraction of sp³-hybridized carbons (Fsp3) is 0.0833. The van der Waals surface area contributed by atoms with E-state index in [-0.39, 0.29) is 16.1 Å². The van der Waals surface area contributed by atoms with Gasteiger partial charge in [0.2, 0.25) is 0 Å². The maximum atomic E-state index is 12.8. The molecule has 35 heavy (non-hydrogen) atoms. The Hall–Kier alpha value is -3.60. The first-order chi connectivity index (χ1) is 16.8. The van der Waals surface area contributed by atoms with Crippen molar-refractivity contribution in [3.8, 4) is 22.8 Å². The van der Waals surface area contributed by atoms with Crippen molar-refractivity contribution in [2.45, 2.75) is 4.90 Å². The molecular weight excluding hydrogens is 510 g/mol.